The van der Waals surface area contributed by atoms with Crippen LogP contribution in [0.1, 0.15) is 69.2 Å². The number of aromatic hydroxyl groups is 1. The molecule has 1 saturated heterocycles. The number of likely N-dealkylation sites (tertiary alicyclic amines) is 1. The van der Waals surface area contributed by atoms with E-state index in [-0.39, 0.29) is 22.3 Å². The third-order valence-electron chi connectivity index (χ3n) is 11.0. The molecule has 6 atom stereocenters. The molecule has 2 heterocycles. The lowest BCUT2D eigenvalue weighted by Gasteiger charge is -2.49. The Labute approximate surface area is 239 Å². The second-order valence-electron chi connectivity index (χ2n) is 13.4. The van der Waals surface area contributed by atoms with Gasteiger partial charge in [-0.2, -0.15) is 0 Å². The average molecular weight is 552 g/mol. The first-order chi connectivity index (χ1) is 19.8. The Kier molecular flexibility index (Phi) is 5.58. The fourth-order valence-corrected chi connectivity index (χ4v) is 8.94. The molecular weight excluding hydrogens is 514 g/mol. The first kappa shape index (κ1) is 25.3. The molecule has 2 aromatic carbocycles. The van der Waals surface area contributed by atoms with Crippen LogP contribution in [0.3, 0.4) is 0 Å². The van der Waals surface area contributed by atoms with Crippen molar-refractivity contribution in [3.8, 4) is 5.75 Å². The van der Waals surface area contributed by atoms with Gasteiger partial charge in [0.15, 0.2) is 0 Å². The van der Waals surface area contributed by atoms with Gasteiger partial charge in [0.25, 0.3) is 11.5 Å². The summed E-state index contributed by atoms with van der Waals surface area (Å²) in [4.78, 5) is 32.7. The molecule has 7 nitrogen and oxygen atoms in total. The molecule has 1 amide bonds. The molecule has 7 heteroatoms. The van der Waals surface area contributed by atoms with Crippen LogP contribution in [0.4, 0.5) is 0 Å². The van der Waals surface area contributed by atoms with Crippen molar-refractivity contribution in [2.45, 2.75) is 69.1 Å². The molecule has 2 saturated carbocycles. The van der Waals surface area contributed by atoms with Crippen LogP contribution in [-0.2, 0) is 24.7 Å². The molecule has 3 fully saturated rings. The van der Waals surface area contributed by atoms with E-state index in [1.54, 1.807) is 6.07 Å². The first-order valence-corrected chi connectivity index (χ1v) is 15.2. The Bertz CT molecular complexity index is 1630. The molecule has 0 radical (unpaired) electrons. The number of rotatable bonds is 5. The van der Waals surface area contributed by atoms with Gasteiger partial charge in [-0.25, -0.2) is 0 Å². The largest absolute Gasteiger partial charge is 0.508 e. The van der Waals surface area contributed by atoms with Crippen LogP contribution in [0.2, 0.25) is 0 Å². The van der Waals surface area contributed by atoms with Gasteiger partial charge in [-0.1, -0.05) is 30.3 Å². The molecule has 0 spiro atoms. The van der Waals surface area contributed by atoms with E-state index in [0.717, 1.165) is 47.7 Å². The van der Waals surface area contributed by atoms with Crippen LogP contribution >= 0.6 is 0 Å². The summed E-state index contributed by atoms with van der Waals surface area (Å²) >= 11 is 0. The molecular formula is C34H37N3O4. The number of carbonyl (C=O) groups excluding carboxylic acids is 1. The monoisotopic (exact) mass is 551 g/mol. The Morgan fingerprint density at radius 3 is 2.78 bits per heavy atom. The molecule has 2 unspecified atom stereocenters. The van der Waals surface area contributed by atoms with Crippen LogP contribution in [-0.4, -0.2) is 51.2 Å². The molecule has 4 N–H and O–H groups in total. The topological polar surface area (TPSA) is 106 Å². The van der Waals surface area contributed by atoms with Gasteiger partial charge in [-0.3, -0.25) is 14.5 Å². The predicted octanol–water partition coefficient (Wildman–Crippen LogP) is 3.54. The number of aromatic amines is 1. The van der Waals surface area contributed by atoms with Gasteiger partial charge in [0.05, 0.1) is 12.1 Å². The number of aliphatic hydroxyl groups is 1. The van der Waals surface area contributed by atoms with Crippen molar-refractivity contribution in [1.82, 2.24) is 15.2 Å². The Morgan fingerprint density at radius 1 is 1.12 bits per heavy atom. The Balaban J connectivity index is 1.15. The number of phenols is 1. The molecule has 5 aliphatic rings. The van der Waals surface area contributed by atoms with Crippen molar-refractivity contribution < 1.29 is 15.0 Å². The van der Waals surface area contributed by atoms with Crippen LogP contribution in [0.5, 0.6) is 5.75 Å². The lowest BCUT2D eigenvalue weighted by molar-refractivity contribution is 0.00553. The normalized spacial score (nSPS) is 31.5. The molecule has 1 aromatic heterocycles. The summed E-state index contributed by atoms with van der Waals surface area (Å²) in [5.74, 6) is 1.62. The standard InChI is InChI=1S/C34H37N3O4/c1-18-6-9-23(38)13-26(18)34-14-22-17-37(16-19-7-8-19)31(22)27(34)11-21-10-25(32(40)35-28(21)15-34)33(41)36-30-24-5-3-2-4-20(24)12-29(30)39/h2-6,9-10,13,19,22,27,29-31,38-39H,7-8,11-12,14-17H2,1H3,(H,35,40)(H,36,41)/t22?,27-,29-,30?,31+,34+/m0/s1. The van der Waals surface area contributed by atoms with E-state index in [0.29, 0.717) is 30.7 Å². The Hall–Kier alpha value is -3.42. The van der Waals surface area contributed by atoms with Gasteiger partial charge < -0.3 is 20.5 Å². The molecule has 4 aliphatic carbocycles. The molecule has 41 heavy (non-hydrogen) atoms. The van der Waals surface area contributed by atoms with Crippen LogP contribution in [0.25, 0.3) is 0 Å². The zero-order chi connectivity index (χ0) is 28.0. The van der Waals surface area contributed by atoms with E-state index < -0.39 is 18.1 Å². The van der Waals surface area contributed by atoms with Crippen molar-refractivity contribution in [3.63, 3.8) is 0 Å². The summed E-state index contributed by atoms with van der Waals surface area (Å²) in [6, 6.07) is 15.2. The fraction of sp³-hybridized carbons (Fsp3) is 0.471. The summed E-state index contributed by atoms with van der Waals surface area (Å²) in [5.41, 5.74) is 5.83. The van der Waals surface area contributed by atoms with Gasteiger partial charge >= 0.3 is 0 Å². The number of phenolic OH excluding ortho intramolecular Hbond substituents is 1. The van der Waals surface area contributed by atoms with Crippen molar-refractivity contribution in [3.05, 3.63) is 98.0 Å². The lowest BCUT2D eigenvalue weighted by Crippen LogP contribution is -2.58. The summed E-state index contributed by atoms with van der Waals surface area (Å²) in [7, 11) is 0. The number of H-pyrrole nitrogens is 1. The number of aliphatic hydroxyl groups excluding tert-OH is 1. The second-order valence-corrected chi connectivity index (χ2v) is 13.4. The van der Waals surface area contributed by atoms with E-state index in [4.69, 9.17) is 0 Å². The predicted molar refractivity (Wildman–Crippen MR) is 155 cm³/mol. The minimum atomic E-state index is -0.717. The van der Waals surface area contributed by atoms with E-state index in [1.165, 1.54) is 30.5 Å². The summed E-state index contributed by atoms with van der Waals surface area (Å²) < 4.78 is 0. The highest BCUT2D eigenvalue weighted by Crippen LogP contribution is 2.60. The third kappa shape index (κ3) is 3.92. The molecule has 212 valence electrons. The molecule has 3 aromatic rings. The number of hydrogen-bond acceptors (Lipinski definition) is 5. The number of pyridine rings is 1. The lowest BCUT2D eigenvalue weighted by atomic mass is 9.62. The van der Waals surface area contributed by atoms with Gasteiger partial charge in [0, 0.05) is 36.7 Å². The number of aryl methyl sites for hydroxylation is 1. The average Bonchev–Trinajstić information content (AvgIpc) is 3.66. The number of nitrogens with zero attached hydrogens (tertiary/aromatic N) is 1. The van der Waals surface area contributed by atoms with E-state index in [1.807, 2.05) is 42.5 Å². The van der Waals surface area contributed by atoms with E-state index >= 15 is 0 Å². The Morgan fingerprint density at radius 2 is 1.95 bits per heavy atom. The van der Waals surface area contributed by atoms with Crippen molar-refractivity contribution >= 4 is 5.91 Å². The number of amides is 1. The van der Waals surface area contributed by atoms with E-state index in [2.05, 4.69) is 22.1 Å². The summed E-state index contributed by atoms with van der Waals surface area (Å²) in [6.07, 6.45) is 4.98. The maximum atomic E-state index is 13.5. The highest BCUT2D eigenvalue weighted by molar-refractivity contribution is 5.94. The molecule has 0 bridgehead atoms. The van der Waals surface area contributed by atoms with E-state index in [9.17, 15) is 19.8 Å². The zero-order valence-corrected chi connectivity index (χ0v) is 23.4. The number of nitrogens with one attached hydrogen (secondary N) is 2. The quantitative estimate of drug-likeness (QED) is 0.388. The zero-order valence-electron chi connectivity index (χ0n) is 23.4. The SMILES string of the molecule is Cc1ccc(O)cc1[C@@]12Cc3[nH]c(=O)c(C(=O)NC4c5ccccc5C[C@@H]4O)cc3C[C@H]1[C@H]1C(CN1CC1CC1)C2. The van der Waals surface area contributed by atoms with Gasteiger partial charge in [0.1, 0.15) is 11.3 Å². The number of fused-ring (bicyclic) bond motifs is 5. The van der Waals surface area contributed by atoms with Crippen LogP contribution < -0.4 is 10.9 Å². The van der Waals surface area contributed by atoms with Crippen molar-refractivity contribution in [1.29, 1.82) is 0 Å². The minimum absolute atomic E-state index is 0.111. The maximum Gasteiger partial charge on any atom is 0.261 e. The van der Waals surface area contributed by atoms with Crippen LogP contribution in [0.15, 0.2) is 53.3 Å². The number of carbonyl (C=O) groups is 1. The number of aromatic nitrogens is 1. The molecule has 8 rings (SSSR count). The highest BCUT2D eigenvalue weighted by atomic mass is 16.3. The summed E-state index contributed by atoms with van der Waals surface area (Å²) in [6.45, 7) is 4.43. The van der Waals surface area contributed by atoms with Gasteiger partial charge in [-0.05, 0) is 103 Å². The minimum Gasteiger partial charge on any atom is -0.508 e. The number of hydrogen-bond donors (Lipinski definition) is 4. The molecule has 1 aliphatic heterocycles. The van der Waals surface area contributed by atoms with Crippen LogP contribution in [0, 0.1) is 24.7 Å². The smallest absolute Gasteiger partial charge is 0.261 e. The second kappa shape index (κ2) is 9.04. The maximum absolute atomic E-state index is 13.5. The van der Waals surface area contributed by atoms with Crippen molar-refractivity contribution in [2.75, 3.05) is 13.1 Å². The van der Waals surface area contributed by atoms with Crippen molar-refractivity contribution in [2.24, 2.45) is 17.8 Å². The first-order valence-electron chi connectivity index (χ1n) is 15.2. The number of benzene rings is 2. The highest BCUT2D eigenvalue weighted by Gasteiger charge is 2.62. The van der Waals surface area contributed by atoms with Gasteiger partial charge in [0.2, 0.25) is 0 Å². The third-order valence-corrected chi connectivity index (χ3v) is 11.0. The van der Waals surface area contributed by atoms with Gasteiger partial charge in [-0.15, -0.1) is 0 Å². The fourth-order valence-electron chi connectivity index (χ4n) is 8.94. The summed E-state index contributed by atoms with van der Waals surface area (Å²) in [5, 5.41) is 24.2.